The molecule has 0 spiro atoms. The molecule has 0 saturated carbocycles. The topological polar surface area (TPSA) is 275 Å². The average molecular weight is 618 g/mol. The van der Waals surface area contributed by atoms with E-state index < -0.39 is 12.1 Å². The van der Waals surface area contributed by atoms with Gasteiger partial charge in [0.1, 0.15) is 0 Å². The minimum absolute atomic E-state index is 0.0236. The van der Waals surface area contributed by atoms with Gasteiger partial charge >= 0.3 is 0 Å². The van der Waals surface area contributed by atoms with Crippen molar-refractivity contribution >= 4 is 46.8 Å². The van der Waals surface area contributed by atoms with Gasteiger partial charge in [0.2, 0.25) is 18.2 Å². The lowest BCUT2D eigenvalue weighted by atomic mass is 10.0. The van der Waals surface area contributed by atoms with Gasteiger partial charge in [-0.25, -0.2) is 0 Å². The molecule has 1 aromatic carbocycles. The average Bonchev–Trinajstić information content (AvgIpc) is 3.39. The van der Waals surface area contributed by atoms with Gasteiger partial charge < -0.3 is 49.6 Å². The second-order valence-electron chi connectivity index (χ2n) is 9.71. The summed E-state index contributed by atoms with van der Waals surface area (Å²) in [7, 11) is 0. The molecule has 0 aliphatic carbocycles. The number of nitrogens with zero attached hydrogens (tertiary/aromatic N) is 2. The first-order valence-electron chi connectivity index (χ1n) is 14.6. The number of nitrogens with two attached hydrogens (primary N) is 5. The molecular formula is C29H51N11O4. The summed E-state index contributed by atoms with van der Waals surface area (Å²) < 4.78 is 0. The Labute approximate surface area is 259 Å². The Bertz CT molecular complexity index is 1200. The highest BCUT2D eigenvalue weighted by atomic mass is 16.2. The number of carbonyl (C=O) groups is 4. The molecular weight excluding hydrogens is 566 g/mol. The van der Waals surface area contributed by atoms with Crippen LogP contribution in [0.5, 0.6) is 0 Å². The Balaban J connectivity index is 0.000000795. The number of nitrogens with one attached hydrogen (secondary N) is 4. The largest absolute Gasteiger partial charge is 0.370 e. The molecule has 0 saturated heterocycles. The van der Waals surface area contributed by atoms with E-state index in [0.29, 0.717) is 38.8 Å². The van der Waals surface area contributed by atoms with E-state index in [1.807, 2.05) is 51.2 Å². The third kappa shape index (κ3) is 17.3. The van der Waals surface area contributed by atoms with Crippen LogP contribution in [0.15, 0.2) is 40.4 Å². The molecule has 1 aromatic heterocycles. The number of carbonyl (C=O) groups excluding carboxylic acids is 4. The monoisotopic (exact) mass is 617 g/mol. The van der Waals surface area contributed by atoms with Crippen molar-refractivity contribution in [3.8, 4) is 0 Å². The van der Waals surface area contributed by atoms with E-state index in [0.717, 1.165) is 29.3 Å². The fraction of sp³-hybridized carbons (Fsp3) is 0.517. The predicted octanol–water partition coefficient (Wildman–Crippen LogP) is -0.518. The number of H-pyrrole nitrogens is 1. The zero-order valence-corrected chi connectivity index (χ0v) is 26.3. The molecule has 15 heteroatoms. The Kier molecular flexibility index (Phi) is 20.5. The fourth-order valence-electron chi connectivity index (χ4n) is 3.87. The number of aromatic amines is 1. The van der Waals surface area contributed by atoms with E-state index in [1.165, 1.54) is 6.92 Å². The molecule has 0 fully saturated rings. The van der Waals surface area contributed by atoms with Crippen LogP contribution in [-0.2, 0) is 25.6 Å². The summed E-state index contributed by atoms with van der Waals surface area (Å²) in [6.45, 7) is 8.23. The van der Waals surface area contributed by atoms with Crippen LogP contribution in [0.25, 0.3) is 10.9 Å². The third-order valence-electron chi connectivity index (χ3n) is 6.05. The first-order valence-corrected chi connectivity index (χ1v) is 14.6. The number of guanidine groups is 2. The molecule has 2 aromatic rings. The molecule has 14 N–H and O–H groups in total. The Hall–Kier alpha value is -4.66. The highest BCUT2D eigenvalue weighted by Crippen LogP contribution is 2.19. The molecule has 0 aliphatic rings. The van der Waals surface area contributed by atoms with Crippen LogP contribution in [0.3, 0.4) is 0 Å². The highest BCUT2D eigenvalue weighted by molar-refractivity contribution is 5.90. The van der Waals surface area contributed by atoms with Crippen molar-refractivity contribution < 1.29 is 19.2 Å². The number of rotatable bonds is 17. The Morgan fingerprint density at radius 3 is 2.11 bits per heavy atom. The van der Waals surface area contributed by atoms with Crippen molar-refractivity contribution in [2.24, 2.45) is 38.7 Å². The van der Waals surface area contributed by atoms with E-state index in [2.05, 4.69) is 30.9 Å². The minimum Gasteiger partial charge on any atom is -0.370 e. The number of amides is 3. The number of aliphatic imine (C=N–C) groups is 2. The molecule has 246 valence electrons. The van der Waals surface area contributed by atoms with Gasteiger partial charge in [0, 0.05) is 42.7 Å². The van der Waals surface area contributed by atoms with E-state index in [4.69, 9.17) is 28.7 Å². The lowest BCUT2D eigenvalue weighted by Gasteiger charge is -2.17. The fourth-order valence-corrected chi connectivity index (χ4v) is 3.87. The van der Waals surface area contributed by atoms with Gasteiger partial charge in [0.25, 0.3) is 0 Å². The van der Waals surface area contributed by atoms with Gasteiger partial charge in [-0.1, -0.05) is 32.0 Å². The van der Waals surface area contributed by atoms with Crippen LogP contribution in [-0.4, -0.2) is 78.7 Å². The van der Waals surface area contributed by atoms with Gasteiger partial charge in [-0.15, -0.1) is 0 Å². The van der Waals surface area contributed by atoms with Crippen molar-refractivity contribution in [1.82, 2.24) is 20.9 Å². The number of aromatic nitrogens is 1. The molecule has 3 atom stereocenters. The molecule has 2 rings (SSSR count). The number of hydrogen-bond acceptors (Lipinski definition) is 7. The summed E-state index contributed by atoms with van der Waals surface area (Å²) in [6.07, 6.45) is 5.46. The van der Waals surface area contributed by atoms with E-state index >= 15 is 0 Å². The smallest absolute Gasteiger partial charge is 0.239 e. The van der Waals surface area contributed by atoms with Crippen LogP contribution >= 0.6 is 0 Å². The summed E-state index contributed by atoms with van der Waals surface area (Å²) >= 11 is 0. The number of hydrogen-bond donors (Lipinski definition) is 9. The zero-order chi connectivity index (χ0) is 33.5. The van der Waals surface area contributed by atoms with E-state index in [-0.39, 0.29) is 42.1 Å². The summed E-state index contributed by atoms with van der Waals surface area (Å²) in [5, 5.41) is 8.79. The van der Waals surface area contributed by atoms with Gasteiger partial charge in [-0.2, -0.15) is 0 Å². The van der Waals surface area contributed by atoms with Crippen LogP contribution in [0.1, 0.15) is 58.9 Å². The summed E-state index contributed by atoms with van der Waals surface area (Å²) in [4.78, 5) is 56.2. The van der Waals surface area contributed by atoms with Crippen molar-refractivity contribution in [2.45, 2.75) is 77.9 Å². The van der Waals surface area contributed by atoms with Crippen LogP contribution in [0.4, 0.5) is 0 Å². The predicted molar refractivity (Wildman–Crippen MR) is 175 cm³/mol. The molecule has 0 radical (unpaired) electrons. The number of para-hydroxylation sites is 1. The maximum Gasteiger partial charge on any atom is 0.239 e. The molecule has 44 heavy (non-hydrogen) atoms. The van der Waals surface area contributed by atoms with Crippen molar-refractivity contribution in [3.05, 3.63) is 36.0 Å². The van der Waals surface area contributed by atoms with Gasteiger partial charge in [-0.3, -0.25) is 29.2 Å². The minimum atomic E-state index is -0.606. The van der Waals surface area contributed by atoms with Gasteiger partial charge in [-0.05, 0) is 51.2 Å². The van der Waals surface area contributed by atoms with Crippen molar-refractivity contribution in [1.29, 1.82) is 0 Å². The van der Waals surface area contributed by atoms with Gasteiger partial charge in [0.15, 0.2) is 17.7 Å². The van der Waals surface area contributed by atoms with Crippen molar-refractivity contribution in [2.75, 3.05) is 19.6 Å². The van der Waals surface area contributed by atoms with Crippen LogP contribution in [0, 0.1) is 0 Å². The lowest BCUT2D eigenvalue weighted by molar-refractivity contribution is -0.126. The summed E-state index contributed by atoms with van der Waals surface area (Å²) in [5.41, 5.74) is 28.6. The Morgan fingerprint density at radius 2 is 1.55 bits per heavy atom. The summed E-state index contributed by atoms with van der Waals surface area (Å²) in [6, 6.07) is 6.63. The molecule has 3 amide bonds. The molecule has 1 heterocycles. The maximum atomic E-state index is 11.8. The van der Waals surface area contributed by atoms with Gasteiger partial charge in [0.05, 0.1) is 18.6 Å². The summed E-state index contributed by atoms with van der Waals surface area (Å²) in [5.74, 6) is -0.562. The number of Topliss-reactive ketones (excluding diaryl/α,β-unsaturated/α-hetero) is 1. The highest BCUT2D eigenvalue weighted by Gasteiger charge is 2.19. The third-order valence-corrected chi connectivity index (χ3v) is 6.05. The van der Waals surface area contributed by atoms with E-state index in [9.17, 15) is 19.2 Å². The Morgan fingerprint density at radius 1 is 0.955 bits per heavy atom. The molecule has 0 aliphatic heterocycles. The molecule has 3 unspecified atom stereocenters. The number of fused-ring (bicyclic) bond motifs is 1. The maximum absolute atomic E-state index is 11.8. The normalized spacial score (nSPS) is 12.0. The number of benzene rings is 1. The quantitative estimate of drug-likeness (QED) is 0.0477. The molecule has 15 nitrogen and oxygen atoms in total. The van der Waals surface area contributed by atoms with Crippen LogP contribution < -0.4 is 44.6 Å². The zero-order valence-electron chi connectivity index (χ0n) is 26.3. The first kappa shape index (κ1) is 39.3. The second-order valence-corrected chi connectivity index (χ2v) is 9.71. The second kappa shape index (κ2) is 22.9. The van der Waals surface area contributed by atoms with Crippen molar-refractivity contribution in [3.63, 3.8) is 0 Å². The number of ketones is 1. The van der Waals surface area contributed by atoms with Crippen LogP contribution in [0.2, 0.25) is 0 Å². The SMILES string of the molecule is CC.CC(=O)C(Cc1c[nH]c2ccccc12)NC(=O)CNC=O.CC(CCCN=C(N)N)NC(=O)C(N)CCCN=C(N)N. The van der Waals surface area contributed by atoms with E-state index in [1.54, 1.807) is 0 Å². The molecule has 0 bridgehead atoms. The first-order chi connectivity index (χ1) is 20.9. The standard InChI is InChI=1S/C15H17N3O3.C12H28N8O.C2H6/c1-10(20)14(18-15(21)8-16-9-19)6-11-7-17-13-5-3-2-4-12(11)13;1-8(4-2-6-18-11(14)15)20-10(21)9(13)5-3-7-19-12(16)17;1-2/h2-5,7,9,14,17H,6,8H2,1H3,(H,16,19)(H,18,21);8-9H,2-7,13H2,1H3,(H,20,21)(H4,14,15,18)(H4,16,17,19);1-2H3. The lowest BCUT2D eigenvalue weighted by Crippen LogP contribution is -2.44.